The van der Waals surface area contributed by atoms with E-state index in [0.29, 0.717) is 18.1 Å². The van der Waals surface area contributed by atoms with Gasteiger partial charge in [0.25, 0.3) is 0 Å². The van der Waals surface area contributed by atoms with Gasteiger partial charge in [-0.1, -0.05) is 0 Å². The van der Waals surface area contributed by atoms with Gasteiger partial charge in [-0.2, -0.15) is 0 Å². The van der Waals surface area contributed by atoms with Crippen LogP contribution >= 0.6 is 0 Å². The molecule has 0 bridgehead atoms. The highest BCUT2D eigenvalue weighted by molar-refractivity contribution is 5.70. The third-order valence-corrected chi connectivity index (χ3v) is 1.75. The third kappa shape index (κ3) is 2.88. The molecule has 14 heavy (non-hydrogen) atoms. The maximum atomic E-state index is 11.0. The molecule has 0 saturated heterocycles. The average molecular weight is 198 g/mol. The van der Waals surface area contributed by atoms with Crippen molar-refractivity contribution in [2.75, 3.05) is 6.61 Å². The minimum atomic E-state index is -0.914. The first-order valence-electron chi connectivity index (χ1n) is 4.53. The van der Waals surface area contributed by atoms with Gasteiger partial charge in [-0.05, 0) is 26.0 Å². The second-order valence-corrected chi connectivity index (χ2v) is 2.97. The standard InChI is InChI=1S/C10H14O4/c1-3-13-10(12)6-8(11)9-5-4-7(2)14-9/h4-5,8,11H,3,6H2,1-2H3/t8-/m1/s1. The van der Waals surface area contributed by atoms with Gasteiger partial charge >= 0.3 is 5.97 Å². The number of furan rings is 1. The molecule has 4 nitrogen and oxygen atoms in total. The summed E-state index contributed by atoms with van der Waals surface area (Å²) in [6.45, 7) is 3.82. The van der Waals surface area contributed by atoms with Gasteiger partial charge in [0, 0.05) is 0 Å². The number of ether oxygens (including phenoxy) is 1. The number of aliphatic hydroxyl groups excluding tert-OH is 1. The van der Waals surface area contributed by atoms with Crippen LogP contribution in [-0.2, 0) is 9.53 Å². The fourth-order valence-corrected chi connectivity index (χ4v) is 1.11. The van der Waals surface area contributed by atoms with Crippen molar-refractivity contribution in [1.29, 1.82) is 0 Å². The van der Waals surface area contributed by atoms with Crippen LogP contribution in [0.25, 0.3) is 0 Å². The van der Waals surface area contributed by atoms with E-state index >= 15 is 0 Å². The summed E-state index contributed by atoms with van der Waals surface area (Å²) in [4.78, 5) is 11.0. The fourth-order valence-electron chi connectivity index (χ4n) is 1.11. The van der Waals surface area contributed by atoms with E-state index in [4.69, 9.17) is 9.15 Å². The molecule has 0 aromatic carbocycles. The Morgan fingerprint density at radius 1 is 1.64 bits per heavy atom. The summed E-state index contributed by atoms with van der Waals surface area (Å²) < 4.78 is 9.87. The molecule has 0 fully saturated rings. The molecule has 0 radical (unpaired) electrons. The summed E-state index contributed by atoms with van der Waals surface area (Å²) in [6, 6.07) is 3.39. The van der Waals surface area contributed by atoms with E-state index in [1.54, 1.807) is 26.0 Å². The number of aryl methyl sites for hydroxylation is 1. The van der Waals surface area contributed by atoms with E-state index < -0.39 is 12.1 Å². The molecule has 0 aliphatic carbocycles. The van der Waals surface area contributed by atoms with Gasteiger partial charge in [0.1, 0.15) is 17.6 Å². The lowest BCUT2D eigenvalue weighted by molar-refractivity contribution is -0.145. The zero-order chi connectivity index (χ0) is 10.6. The topological polar surface area (TPSA) is 59.7 Å². The Kier molecular flexibility index (Phi) is 3.71. The van der Waals surface area contributed by atoms with Crippen LogP contribution < -0.4 is 0 Å². The smallest absolute Gasteiger partial charge is 0.308 e. The summed E-state index contributed by atoms with van der Waals surface area (Å²) in [5.41, 5.74) is 0. The highest BCUT2D eigenvalue weighted by Gasteiger charge is 2.16. The number of hydrogen-bond acceptors (Lipinski definition) is 4. The first-order valence-corrected chi connectivity index (χ1v) is 4.53. The number of carbonyl (C=O) groups excluding carboxylic acids is 1. The van der Waals surface area contributed by atoms with Gasteiger partial charge < -0.3 is 14.3 Å². The van der Waals surface area contributed by atoms with Gasteiger partial charge in [0.05, 0.1) is 13.0 Å². The first-order chi connectivity index (χ1) is 6.63. The lowest BCUT2D eigenvalue weighted by atomic mass is 10.2. The molecule has 1 atom stereocenters. The van der Waals surface area contributed by atoms with Gasteiger partial charge in [0.15, 0.2) is 0 Å². The molecule has 78 valence electrons. The van der Waals surface area contributed by atoms with Crippen LogP contribution in [0, 0.1) is 6.92 Å². The number of rotatable bonds is 4. The molecular weight excluding hydrogens is 184 g/mol. The Morgan fingerprint density at radius 3 is 2.86 bits per heavy atom. The Balaban J connectivity index is 2.50. The number of aliphatic hydroxyl groups is 1. The number of esters is 1. The molecule has 0 unspecified atom stereocenters. The quantitative estimate of drug-likeness (QED) is 0.746. The van der Waals surface area contributed by atoms with Crippen molar-refractivity contribution in [3.63, 3.8) is 0 Å². The van der Waals surface area contributed by atoms with Crippen molar-refractivity contribution in [3.8, 4) is 0 Å². The Hall–Kier alpha value is -1.29. The monoisotopic (exact) mass is 198 g/mol. The van der Waals surface area contributed by atoms with Crippen LogP contribution in [0.2, 0.25) is 0 Å². The predicted octanol–water partition coefficient (Wildman–Crippen LogP) is 1.57. The molecule has 1 N–H and O–H groups in total. The SMILES string of the molecule is CCOC(=O)C[C@@H](O)c1ccc(C)o1. The van der Waals surface area contributed by atoms with Gasteiger partial charge in [-0.15, -0.1) is 0 Å². The predicted molar refractivity (Wildman–Crippen MR) is 49.7 cm³/mol. The van der Waals surface area contributed by atoms with E-state index in [-0.39, 0.29) is 6.42 Å². The van der Waals surface area contributed by atoms with Gasteiger partial charge in [-0.25, -0.2) is 0 Å². The first kappa shape index (κ1) is 10.8. The average Bonchev–Trinajstić information content (AvgIpc) is 2.52. The summed E-state index contributed by atoms with van der Waals surface area (Å²) in [5.74, 6) is 0.688. The Morgan fingerprint density at radius 2 is 2.36 bits per heavy atom. The molecule has 0 saturated carbocycles. The van der Waals surface area contributed by atoms with Crippen molar-refractivity contribution in [3.05, 3.63) is 23.7 Å². The van der Waals surface area contributed by atoms with E-state index in [9.17, 15) is 9.90 Å². The minimum absolute atomic E-state index is 0.0687. The van der Waals surface area contributed by atoms with Crippen molar-refractivity contribution in [2.45, 2.75) is 26.4 Å². The largest absolute Gasteiger partial charge is 0.466 e. The van der Waals surface area contributed by atoms with Gasteiger partial charge in [0.2, 0.25) is 0 Å². The van der Waals surface area contributed by atoms with Gasteiger partial charge in [-0.3, -0.25) is 4.79 Å². The molecular formula is C10H14O4. The molecule has 0 aliphatic rings. The normalized spacial score (nSPS) is 12.5. The minimum Gasteiger partial charge on any atom is -0.466 e. The maximum absolute atomic E-state index is 11.0. The molecule has 1 aromatic heterocycles. The zero-order valence-electron chi connectivity index (χ0n) is 8.32. The van der Waals surface area contributed by atoms with Crippen molar-refractivity contribution in [1.82, 2.24) is 0 Å². The second-order valence-electron chi connectivity index (χ2n) is 2.97. The lowest BCUT2D eigenvalue weighted by Crippen LogP contribution is -2.09. The van der Waals surface area contributed by atoms with Crippen molar-refractivity contribution >= 4 is 5.97 Å². The molecule has 1 aromatic rings. The Labute approximate surface area is 82.5 Å². The third-order valence-electron chi connectivity index (χ3n) is 1.75. The summed E-state index contributed by atoms with van der Waals surface area (Å²) in [7, 11) is 0. The molecule has 4 heteroatoms. The van der Waals surface area contributed by atoms with Crippen LogP contribution in [0.1, 0.15) is 31.0 Å². The lowest BCUT2D eigenvalue weighted by Gasteiger charge is -2.06. The number of carbonyl (C=O) groups is 1. The Bertz CT molecular complexity index is 303. The second kappa shape index (κ2) is 4.81. The van der Waals surface area contributed by atoms with Crippen LogP contribution in [0.5, 0.6) is 0 Å². The van der Waals surface area contributed by atoms with Crippen LogP contribution in [0.3, 0.4) is 0 Å². The van der Waals surface area contributed by atoms with E-state index in [0.717, 1.165) is 0 Å². The summed E-state index contributed by atoms with van der Waals surface area (Å²) >= 11 is 0. The van der Waals surface area contributed by atoms with E-state index in [1.165, 1.54) is 0 Å². The molecule has 0 aliphatic heterocycles. The van der Waals surface area contributed by atoms with E-state index in [1.807, 2.05) is 0 Å². The van der Waals surface area contributed by atoms with Crippen LogP contribution in [0.15, 0.2) is 16.5 Å². The van der Waals surface area contributed by atoms with Crippen molar-refractivity contribution in [2.24, 2.45) is 0 Å². The molecule has 1 rings (SSSR count). The van der Waals surface area contributed by atoms with Crippen LogP contribution in [0.4, 0.5) is 0 Å². The zero-order valence-corrected chi connectivity index (χ0v) is 8.32. The summed E-state index contributed by atoms with van der Waals surface area (Å²) in [5, 5.41) is 9.54. The van der Waals surface area contributed by atoms with E-state index in [2.05, 4.69) is 0 Å². The van der Waals surface area contributed by atoms with Crippen LogP contribution in [-0.4, -0.2) is 17.7 Å². The maximum Gasteiger partial charge on any atom is 0.308 e. The highest BCUT2D eigenvalue weighted by Crippen LogP contribution is 2.19. The summed E-state index contributed by atoms with van der Waals surface area (Å²) in [6.07, 6.45) is -0.983. The molecule has 0 amide bonds. The number of hydrogen-bond donors (Lipinski definition) is 1. The highest BCUT2D eigenvalue weighted by atomic mass is 16.5. The molecule has 1 heterocycles. The van der Waals surface area contributed by atoms with Crippen molar-refractivity contribution < 1.29 is 19.1 Å². The fraction of sp³-hybridized carbons (Fsp3) is 0.500. The molecule has 0 spiro atoms.